The maximum atomic E-state index is 11.7. The topological polar surface area (TPSA) is 46.5 Å². The van der Waals surface area contributed by atoms with Crippen molar-refractivity contribution in [1.82, 2.24) is 0 Å². The third-order valence-electron chi connectivity index (χ3n) is 3.29. The van der Waals surface area contributed by atoms with Crippen LogP contribution in [-0.4, -0.2) is 23.3 Å². The Morgan fingerprint density at radius 2 is 2.25 bits per heavy atom. The van der Waals surface area contributed by atoms with Gasteiger partial charge in [0.05, 0.1) is 6.61 Å². The van der Waals surface area contributed by atoms with Gasteiger partial charge in [0.25, 0.3) is 0 Å². The number of hydrogen-bond donors (Lipinski definition) is 1. The fraction of sp³-hybridized carbons (Fsp3) is 0.923. The monoisotopic (exact) mass is 228 g/mol. The summed E-state index contributed by atoms with van der Waals surface area (Å²) in [5, 5.41) is 10.3. The lowest BCUT2D eigenvalue weighted by atomic mass is 9.75. The average molecular weight is 228 g/mol. The van der Waals surface area contributed by atoms with Crippen molar-refractivity contribution < 1.29 is 14.6 Å². The number of carbonyl (C=O) groups is 1. The van der Waals surface area contributed by atoms with Crippen LogP contribution in [0, 0.1) is 11.8 Å². The molecule has 1 aliphatic rings. The highest BCUT2D eigenvalue weighted by Crippen LogP contribution is 2.36. The fourth-order valence-corrected chi connectivity index (χ4v) is 2.68. The maximum Gasteiger partial charge on any atom is 0.338 e. The molecule has 0 aromatic carbocycles. The van der Waals surface area contributed by atoms with Gasteiger partial charge in [0.15, 0.2) is 5.60 Å². The second-order valence-electron chi connectivity index (χ2n) is 5.34. The second kappa shape index (κ2) is 5.67. The molecule has 16 heavy (non-hydrogen) atoms. The average Bonchev–Trinajstić information content (AvgIpc) is 2.17. The smallest absolute Gasteiger partial charge is 0.338 e. The van der Waals surface area contributed by atoms with Gasteiger partial charge >= 0.3 is 5.97 Å². The standard InChI is InChI=1S/C13H24O3/c1-4-16-12(14)13(15)7-5-6-11(9-13)8-10(2)3/h10-11,15H,4-9H2,1-3H3. The van der Waals surface area contributed by atoms with E-state index in [9.17, 15) is 9.90 Å². The van der Waals surface area contributed by atoms with Gasteiger partial charge in [-0.1, -0.05) is 20.3 Å². The van der Waals surface area contributed by atoms with Crippen molar-refractivity contribution in [3.8, 4) is 0 Å². The third-order valence-corrected chi connectivity index (χ3v) is 3.29. The van der Waals surface area contributed by atoms with Crippen LogP contribution in [0.4, 0.5) is 0 Å². The molecule has 3 nitrogen and oxygen atoms in total. The summed E-state index contributed by atoms with van der Waals surface area (Å²) < 4.78 is 4.95. The first-order chi connectivity index (χ1) is 7.48. The van der Waals surface area contributed by atoms with Gasteiger partial charge < -0.3 is 9.84 Å². The minimum absolute atomic E-state index is 0.343. The number of carbonyl (C=O) groups excluding carboxylic acids is 1. The van der Waals surface area contributed by atoms with Gasteiger partial charge in [0.2, 0.25) is 0 Å². The zero-order valence-corrected chi connectivity index (χ0v) is 10.7. The van der Waals surface area contributed by atoms with Crippen molar-refractivity contribution in [2.24, 2.45) is 11.8 Å². The molecule has 0 aromatic heterocycles. The van der Waals surface area contributed by atoms with Gasteiger partial charge in [-0.05, 0) is 44.4 Å². The van der Waals surface area contributed by atoms with E-state index in [1.807, 2.05) is 0 Å². The molecular weight excluding hydrogens is 204 g/mol. The summed E-state index contributed by atoms with van der Waals surface area (Å²) in [7, 11) is 0. The molecule has 2 unspecified atom stereocenters. The molecule has 0 amide bonds. The van der Waals surface area contributed by atoms with E-state index in [2.05, 4.69) is 13.8 Å². The Balaban J connectivity index is 2.57. The van der Waals surface area contributed by atoms with Crippen molar-refractivity contribution in [2.45, 2.75) is 58.5 Å². The van der Waals surface area contributed by atoms with Crippen LogP contribution in [0.25, 0.3) is 0 Å². The lowest BCUT2D eigenvalue weighted by Crippen LogP contribution is -2.44. The first-order valence-electron chi connectivity index (χ1n) is 6.37. The van der Waals surface area contributed by atoms with Crippen molar-refractivity contribution >= 4 is 5.97 Å². The maximum absolute atomic E-state index is 11.7. The zero-order valence-electron chi connectivity index (χ0n) is 10.7. The Bertz CT molecular complexity index is 237. The molecule has 0 heterocycles. The Morgan fingerprint density at radius 3 is 2.81 bits per heavy atom. The molecule has 94 valence electrons. The molecule has 1 saturated carbocycles. The van der Waals surface area contributed by atoms with Gasteiger partial charge in [-0.3, -0.25) is 0 Å². The summed E-state index contributed by atoms with van der Waals surface area (Å²) in [6.07, 6.45) is 4.26. The molecule has 2 atom stereocenters. The zero-order chi connectivity index (χ0) is 12.2. The van der Waals surface area contributed by atoms with E-state index in [1.54, 1.807) is 6.92 Å². The van der Waals surface area contributed by atoms with Crippen LogP contribution in [0.1, 0.15) is 52.9 Å². The lowest BCUT2D eigenvalue weighted by molar-refractivity contribution is -0.170. The molecule has 1 fully saturated rings. The van der Waals surface area contributed by atoms with Crippen molar-refractivity contribution in [3.63, 3.8) is 0 Å². The van der Waals surface area contributed by atoms with Crippen molar-refractivity contribution in [3.05, 3.63) is 0 Å². The largest absolute Gasteiger partial charge is 0.464 e. The van der Waals surface area contributed by atoms with E-state index < -0.39 is 11.6 Å². The summed E-state index contributed by atoms with van der Waals surface area (Å²) >= 11 is 0. The van der Waals surface area contributed by atoms with E-state index >= 15 is 0 Å². The molecule has 1 rings (SSSR count). The van der Waals surface area contributed by atoms with Gasteiger partial charge in [-0.15, -0.1) is 0 Å². The van der Waals surface area contributed by atoms with Crippen LogP contribution in [-0.2, 0) is 9.53 Å². The van der Waals surface area contributed by atoms with E-state index in [-0.39, 0.29) is 0 Å². The predicted octanol–water partition coefficient (Wildman–Crippen LogP) is 2.52. The van der Waals surface area contributed by atoms with E-state index in [4.69, 9.17) is 4.74 Å². The second-order valence-corrected chi connectivity index (χ2v) is 5.34. The molecule has 1 aliphatic carbocycles. The third kappa shape index (κ3) is 3.48. The molecule has 0 spiro atoms. The van der Waals surface area contributed by atoms with Gasteiger partial charge in [-0.25, -0.2) is 4.79 Å². The summed E-state index contributed by atoms with van der Waals surface area (Å²) in [5.74, 6) is 0.654. The fourth-order valence-electron chi connectivity index (χ4n) is 2.68. The van der Waals surface area contributed by atoms with E-state index in [1.165, 1.54) is 0 Å². The van der Waals surface area contributed by atoms with Crippen LogP contribution in [0.15, 0.2) is 0 Å². The SMILES string of the molecule is CCOC(=O)C1(O)CCCC(CC(C)C)C1. The Morgan fingerprint density at radius 1 is 1.56 bits per heavy atom. The normalized spacial score (nSPS) is 30.4. The number of hydrogen-bond acceptors (Lipinski definition) is 3. The Hall–Kier alpha value is -0.570. The van der Waals surface area contributed by atoms with Crippen LogP contribution in [0.3, 0.4) is 0 Å². The van der Waals surface area contributed by atoms with Crippen LogP contribution < -0.4 is 0 Å². The minimum Gasteiger partial charge on any atom is -0.464 e. The number of ether oxygens (including phenoxy) is 1. The predicted molar refractivity (Wildman–Crippen MR) is 63.0 cm³/mol. The molecule has 1 N–H and O–H groups in total. The van der Waals surface area contributed by atoms with Gasteiger partial charge in [-0.2, -0.15) is 0 Å². The first kappa shape index (κ1) is 13.5. The van der Waals surface area contributed by atoms with Crippen molar-refractivity contribution in [1.29, 1.82) is 0 Å². The van der Waals surface area contributed by atoms with Gasteiger partial charge in [0, 0.05) is 0 Å². The molecule has 0 aliphatic heterocycles. The van der Waals surface area contributed by atoms with Crippen molar-refractivity contribution in [2.75, 3.05) is 6.61 Å². The Labute approximate surface area is 98.2 Å². The highest BCUT2D eigenvalue weighted by Gasteiger charge is 2.42. The molecule has 0 bridgehead atoms. The van der Waals surface area contributed by atoms with Crippen LogP contribution in [0.5, 0.6) is 0 Å². The number of aliphatic hydroxyl groups is 1. The molecule has 0 aromatic rings. The minimum atomic E-state index is -1.21. The summed E-state index contributed by atoms with van der Waals surface area (Å²) in [5.41, 5.74) is -1.21. The van der Waals surface area contributed by atoms with Crippen LogP contribution >= 0.6 is 0 Å². The van der Waals surface area contributed by atoms with Crippen LogP contribution in [0.2, 0.25) is 0 Å². The van der Waals surface area contributed by atoms with Gasteiger partial charge in [0.1, 0.15) is 0 Å². The van der Waals surface area contributed by atoms with E-state index in [0.717, 1.165) is 19.3 Å². The molecular formula is C13H24O3. The molecule has 0 saturated heterocycles. The number of rotatable bonds is 4. The molecule has 3 heteroatoms. The quantitative estimate of drug-likeness (QED) is 0.752. The first-order valence-corrected chi connectivity index (χ1v) is 6.37. The lowest BCUT2D eigenvalue weighted by Gasteiger charge is -2.35. The highest BCUT2D eigenvalue weighted by molar-refractivity contribution is 5.79. The number of esters is 1. The summed E-state index contributed by atoms with van der Waals surface area (Å²) in [4.78, 5) is 11.7. The molecule has 0 radical (unpaired) electrons. The summed E-state index contributed by atoms with van der Waals surface area (Å²) in [6.45, 7) is 6.47. The summed E-state index contributed by atoms with van der Waals surface area (Å²) in [6, 6.07) is 0. The Kier molecular flexibility index (Phi) is 4.78. The van der Waals surface area contributed by atoms with E-state index in [0.29, 0.717) is 31.3 Å². The highest BCUT2D eigenvalue weighted by atomic mass is 16.5.